The highest BCUT2D eigenvalue weighted by Gasteiger charge is 2.12. The molecule has 0 spiro atoms. The van der Waals surface area contributed by atoms with Gasteiger partial charge >= 0.3 is 0 Å². The van der Waals surface area contributed by atoms with Gasteiger partial charge in [0.05, 0.1) is 6.10 Å². The fourth-order valence-electron chi connectivity index (χ4n) is 2.89. The predicted octanol–water partition coefficient (Wildman–Crippen LogP) is 2.49. The van der Waals surface area contributed by atoms with E-state index in [0.717, 1.165) is 25.2 Å². The molecule has 1 atom stereocenters. The molecule has 0 radical (unpaired) electrons. The minimum Gasteiger partial charge on any atom is -0.387 e. The second-order valence-electron chi connectivity index (χ2n) is 6.09. The highest BCUT2D eigenvalue weighted by Crippen LogP contribution is 2.12. The van der Waals surface area contributed by atoms with E-state index in [1.54, 1.807) is 0 Å². The zero-order chi connectivity index (χ0) is 15.6. The maximum atomic E-state index is 11.9. The molecule has 2 N–H and O–H groups in total. The Labute approximate surface area is 133 Å². The van der Waals surface area contributed by atoms with Crippen LogP contribution in [0.15, 0.2) is 30.3 Å². The van der Waals surface area contributed by atoms with Crippen LogP contribution >= 0.6 is 0 Å². The summed E-state index contributed by atoms with van der Waals surface area (Å²) in [5.74, 6) is 0.0250. The largest absolute Gasteiger partial charge is 0.387 e. The van der Waals surface area contributed by atoms with Crippen LogP contribution in [0.25, 0.3) is 0 Å². The summed E-state index contributed by atoms with van der Waals surface area (Å²) in [6, 6.07) is 9.44. The molecule has 22 heavy (non-hydrogen) atoms. The normalized spacial score (nSPS) is 18.2. The molecule has 0 aromatic heterocycles. The molecular weight excluding hydrogens is 276 g/mol. The lowest BCUT2D eigenvalue weighted by Gasteiger charge is -2.24. The number of carbonyl (C=O) groups is 1. The summed E-state index contributed by atoms with van der Waals surface area (Å²) in [6.07, 6.45) is 6.35. The van der Waals surface area contributed by atoms with Crippen molar-refractivity contribution >= 4 is 5.91 Å². The molecule has 1 fully saturated rings. The van der Waals surface area contributed by atoms with E-state index in [0.29, 0.717) is 6.42 Å². The zero-order valence-corrected chi connectivity index (χ0v) is 13.3. The van der Waals surface area contributed by atoms with Crippen molar-refractivity contribution in [1.82, 2.24) is 10.2 Å². The number of aliphatic hydroxyl groups excluding tert-OH is 1. The third-order valence-corrected chi connectivity index (χ3v) is 4.28. The summed E-state index contributed by atoms with van der Waals surface area (Å²) < 4.78 is 0. The van der Waals surface area contributed by atoms with Crippen LogP contribution in [-0.4, -0.2) is 42.1 Å². The van der Waals surface area contributed by atoms with Gasteiger partial charge in [-0.25, -0.2) is 0 Å². The average Bonchev–Trinajstić information content (AvgIpc) is 2.52. The van der Waals surface area contributed by atoms with E-state index in [-0.39, 0.29) is 12.5 Å². The topological polar surface area (TPSA) is 52.6 Å². The molecule has 0 aliphatic carbocycles. The molecule has 1 aliphatic rings. The molecule has 2 rings (SSSR count). The number of nitrogens with one attached hydrogen (secondary N) is 1. The van der Waals surface area contributed by atoms with Gasteiger partial charge in [0.1, 0.15) is 0 Å². The monoisotopic (exact) mass is 304 g/mol. The van der Waals surface area contributed by atoms with Crippen LogP contribution in [0.2, 0.25) is 0 Å². The van der Waals surface area contributed by atoms with E-state index in [9.17, 15) is 9.90 Å². The van der Waals surface area contributed by atoms with Gasteiger partial charge in [-0.05, 0) is 31.5 Å². The number of hydrogen-bond donors (Lipinski definition) is 2. The van der Waals surface area contributed by atoms with Crippen LogP contribution in [0.4, 0.5) is 0 Å². The number of carbonyl (C=O) groups excluding carboxylic acids is 1. The van der Waals surface area contributed by atoms with Gasteiger partial charge in [0.2, 0.25) is 5.91 Å². The number of benzene rings is 1. The maximum absolute atomic E-state index is 11.9. The Hall–Kier alpha value is -1.39. The van der Waals surface area contributed by atoms with Crippen LogP contribution in [0, 0.1) is 0 Å². The van der Waals surface area contributed by atoms with E-state index in [1.165, 1.54) is 32.1 Å². The smallest absolute Gasteiger partial charge is 0.221 e. The highest BCUT2D eigenvalue weighted by atomic mass is 16.3. The molecule has 1 aromatic rings. The predicted molar refractivity (Wildman–Crippen MR) is 88.6 cm³/mol. The molecule has 1 heterocycles. The van der Waals surface area contributed by atoms with Crippen molar-refractivity contribution in [3.63, 3.8) is 0 Å². The Morgan fingerprint density at radius 1 is 1.09 bits per heavy atom. The number of likely N-dealkylation sites (tertiary alicyclic amines) is 1. The first kappa shape index (κ1) is 17.0. The fraction of sp³-hybridized carbons (Fsp3) is 0.611. The lowest BCUT2D eigenvalue weighted by Crippen LogP contribution is -2.34. The van der Waals surface area contributed by atoms with Crippen LogP contribution < -0.4 is 5.32 Å². The lowest BCUT2D eigenvalue weighted by molar-refractivity contribution is -0.121. The van der Waals surface area contributed by atoms with Gasteiger partial charge in [0, 0.05) is 19.5 Å². The average molecular weight is 304 g/mol. The Kier molecular flexibility index (Phi) is 7.40. The summed E-state index contributed by atoms with van der Waals surface area (Å²) in [4.78, 5) is 14.3. The Balaban J connectivity index is 1.65. The van der Waals surface area contributed by atoms with Gasteiger partial charge in [0.25, 0.3) is 0 Å². The number of hydrogen-bond acceptors (Lipinski definition) is 3. The highest BCUT2D eigenvalue weighted by molar-refractivity contribution is 5.76. The number of nitrogens with zero attached hydrogens (tertiary/aromatic N) is 1. The van der Waals surface area contributed by atoms with Crippen molar-refractivity contribution in [3.05, 3.63) is 35.9 Å². The van der Waals surface area contributed by atoms with E-state index in [1.807, 2.05) is 30.3 Å². The van der Waals surface area contributed by atoms with Gasteiger partial charge < -0.3 is 15.3 Å². The molecule has 0 saturated carbocycles. The van der Waals surface area contributed by atoms with Gasteiger partial charge in [0.15, 0.2) is 0 Å². The van der Waals surface area contributed by atoms with Crippen molar-refractivity contribution < 1.29 is 9.90 Å². The minimum atomic E-state index is -0.633. The minimum absolute atomic E-state index is 0.0250. The standard InChI is InChI=1S/C18H28N2O2/c21-17(16-9-5-4-6-10-16)15-19-18(22)11-14-20-12-7-2-1-3-8-13-20/h4-6,9-10,17,21H,1-3,7-8,11-15H2,(H,19,22). The molecule has 1 saturated heterocycles. The third-order valence-electron chi connectivity index (χ3n) is 4.28. The Morgan fingerprint density at radius 3 is 2.41 bits per heavy atom. The van der Waals surface area contributed by atoms with Crippen molar-refractivity contribution in [2.24, 2.45) is 0 Å². The second-order valence-corrected chi connectivity index (χ2v) is 6.09. The van der Waals surface area contributed by atoms with E-state index in [4.69, 9.17) is 0 Å². The molecule has 4 heteroatoms. The van der Waals surface area contributed by atoms with Crippen LogP contribution in [0.1, 0.15) is 50.2 Å². The Bertz CT molecular complexity index is 428. The van der Waals surface area contributed by atoms with Crippen molar-refractivity contribution in [2.45, 2.75) is 44.6 Å². The van der Waals surface area contributed by atoms with Gasteiger partial charge in [-0.3, -0.25) is 4.79 Å². The lowest BCUT2D eigenvalue weighted by atomic mass is 10.1. The van der Waals surface area contributed by atoms with Gasteiger partial charge in [-0.1, -0.05) is 49.6 Å². The number of amides is 1. The first-order valence-electron chi connectivity index (χ1n) is 8.48. The van der Waals surface area contributed by atoms with Crippen LogP contribution in [-0.2, 0) is 4.79 Å². The summed E-state index contributed by atoms with van der Waals surface area (Å²) in [5.41, 5.74) is 0.839. The Morgan fingerprint density at radius 2 is 1.73 bits per heavy atom. The van der Waals surface area contributed by atoms with E-state index in [2.05, 4.69) is 10.2 Å². The molecule has 1 aliphatic heterocycles. The SMILES string of the molecule is O=C(CCN1CCCCCCC1)NCC(O)c1ccccc1. The summed E-state index contributed by atoms with van der Waals surface area (Å²) in [5, 5.41) is 12.9. The van der Waals surface area contributed by atoms with Gasteiger partial charge in [-0.2, -0.15) is 0 Å². The summed E-state index contributed by atoms with van der Waals surface area (Å²) >= 11 is 0. The van der Waals surface area contributed by atoms with Crippen LogP contribution in [0.3, 0.4) is 0 Å². The third kappa shape index (κ3) is 6.16. The van der Waals surface area contributed by atoms with E-state index < -0.39 is 6.10 Å². The van der Waals surface area contributed by atoms with Crippen molar-refractivity contribution in [2.75, 3.05) is 26.2 Å². The van der Waals surface area contributed by atoms with Crippen molar-refractivity contribution in [1.29, 1.82) is 0 Å². The first-order chi connectivity index (χ1) is 10.8. The summed E-state index contributed by atoms with van der Waals surface area (Å²) in [6.45, 7) is 3.33. The second kappa shape index (κ2) is 9.59. The first-order valence-corrected chi connectivity index (χ1v) is 8.48. The maximum Gasteiger partial charge on any atom is 0.221 e. The quantitative estimate of drug-likeness (QED) is 0.849. The van der Waals surface area contributed by atoms with Crippen LogP contribution in [0.5, 0.6) is 0 Å². The van der Waals surface area contributed by atoms with Gasteiger partial charge in [-0.15, -0.1) is 0 Å². The fourth-order valence-corrected chi connectivity index (χ4v) is 2.89. The molecule has 122 valence electrons. The molecule has 4 nitrogen and oxygen atoms in total. The van der Waals surface area contributed by atoms with Crippen molar-refractivity contribution in [3.8, 4) is 0 Å². The number of rotatable bonds is 6. The molecular formula is C18H28N2O2. The molecule has 1 amide bonds. The summed E-state index contributed by atoms with van der Waals surface area (Å²) in [7, 11) is 0. The zero-order valence-electron chi connectivity index (χ0n) is 13.3. The number of aliphatic hydroxyl groups is 1. The molecule has 1 unspecified atom stereocenters. The molecule has 1 aromatic carbocycles. The van der Waals surface area contributed by atoms with E-state index >= 15 is 0 Å². The molecule has 0 bridgehead atoms.